The quantitative estimate of drug-likeness (QED) is 0.745. The maximum atomic E-state index is 5.48. The average Bonchev–Trinajstić information content (AvgIpc) is 2.53. The third-order valence-electron chi connectivity index (χ3n) is 4.40. The van der Waals surface area contributed by atoms with Crippen LogP contribution in [0.4, 0.5) is 0 Å². The van der Waals surface area contributed by atoms with Crippen LogP contribution in [0.3, 0.4) is 0 Å². The second-order valence-corrected chi connectivity index (χ2v) is 6.25. The zero-order valence-electron chi connectivity index (χ0n) is 13.6. The molecular formula is C18H30N2O. The summed E-state index contributed by atoms with van der Waals surface area (Å²) in [6.45, 7) is 3.29. The Morgan fingerprint density at radius 3 is 2.81 bits per heavy atom. The van der Waals surface area contributed by atoms with Gasteiger partial charge < -0.3 is 15.0 Å². The van der Waals surface area contributed by atoms with Crippen LogP contribution < -0.4 is 5.32 Å². The van der Waals surface area contributed by atoms with Gasteiger partial charge in [-0.15, -0.1) is 0 Å². The Bertz CT molecular complexity index is 382. The molecule has 2 atom stereocenters. The zero-order valence-corrected chi connectivity index (χ0v) is 13.6. The van der Waals surface area contributed by atoms with Gasteiger partial charge in [0.25, 0.3) is 0 Å². The maximum absolute atomic E-state index is 5.48. The Labute approximate surface area is 129 Å². The van der Waals surface area contributed by atoms with Crippen molar-refractivity contribution in [2.75, 3.05) is 27.2 Å². The fraction of sp³-hybridized carbons (Fsp3) is 0.667. The molecule has 1 N–H and O–H groups in total. The largest absolute Gasteiger partial charge is 0.381 e. The summed E-state index contributed by atoms with van der Waals surface area (Å²) in [6.07, 6.45) is 6.68. The first-order valence-electron chi connectivity index (χ1n) is 8.26. The van der Waals surface area contributed by atoms with Gasteiger partial charge in [0, 0.05) is 19.7 Å². The minimum absolute atomic E-state index is 0.469. The molecule has 0 aliphatic heterocycles. The highest BCUT2D eigenvalue weighted by Gasteiger charge is 2.20. The number of nitrogens with zero attached hydrogens (tertiary/aromatic N) is 1. The Kier molecular flexibility index (Phi) is 7.20. The smallest absolute Gasteiger partial charge is 0.0586 e. The van der Waals surface area contributed by atoms with E-state index in [0.29, 0.717) is 12.1 Å². The molecule has 0 aromatic heterocycles. The molecule has 1 aromatic rings. The van der Waals surface area contributed by atoms with E-state index < -0.39 is 0 Å². The van der Waals surface area contributed by atoms with E-state index in [0.717, 1.165) is 19.6 Å². The minimum atomic E-state index is 0.469. The van der Waals surface area contributed by atoms with Gasteiger partial charge in [-0.2, -0.15) is 0 Å². The number of rotatable bonds is 8. The van der Waals surface area contributed by atoms with Crippen LogP contribution in [0, 0.1) is 0 Å². The van der Waals surface area contributed by atoms with Crippen molar-refractivity contribution >= 4 is 0 Å². The van der Waals surface area contributed by atoms with Crippen LogP contribution in [0.25, 0.3) is 0 Å². The number of benzene rings is 1. The molecule has 0 bridgehead atoms. The first-order valence-corrected chi connectivity index (χ1v) is 8.26. The van der Waals surface area contributed by atoms with Crippen LogP contribution in [-0.4, -0.2) is 44.3 Å². The van der Waals surface area contributed by atoms with E-state index in [1.54, 1.807) is 0 Å². The topological polar surface area (TPSA) is 24.5 Å². The first-order chi connectivity index (χ1) is 10.3. The van der Waals surface area contributed by atoms with Crippen molar-refractivity contribution in [3.05, 3.63) is 35.9 Å². The molecule has 21 heavy (non-hydrogen) atoms. The van der Waals surface area contributed by atoms with Gasteiger partial charge in [0.05, 0.1) is 6.10 Å². The Morgan fingerprint density at radius 1 is 1.24 bits per heavy atom. The van der Waals surface area contributed by atoms with Gasteiger partial charge in [0.1, 0.15) is 0 Å². The summed E-state index contributed by atoms with van der Waals surface area (Å²) < 4.78 is 5.48. The lowest BCUT2D eigenvalue weighted by molar-refractivity contribution is 0.0588. The maximum Gasteiger partial charge on any atom is 0.0586 e. The second-order valence-electron chi connectivity index (χ2n) is 6.25. The summed E-state index contributed by atoms with van der Waals surface area (Å²) in [4.78, 5) is 2.40. The molecule has 1 saturated carbocycles. The van der Waals surface area contributed by atoms with Crippen LogP contribution in [0.1, 0.15) is 37.7 Å². The molecule has 3 nitrogen and oxygen atoms in total. The van der Waals surface area contributed by atoms with Crippen molar-refractivity contribution in [1.29, 1.82) is 0 Å². The molecule has 1 aliphatic rings. The van der Waals surface area contributed by atoms with Crippen LogP contribution in [-0.2, 0) is 11.3 Å². The lowest BCUT2D eigenvalue weighted by atomic mass is 9.93. The summed E-state index contributed by atoms with van der Waals surface area (Å²) in [5.41, 5.74) is 1.39. The highest BCUT2D eigenvalue weighted by Crippen LogP contribution is 2.20. The van der Waals surface area contributed by atoms with Gasteiger partial charge in [-0.3, -0.25) is 0 Å². The highest BCUT2D eigenvalue weighted by molar-refractivity contribution is 5.14. The summed E-state index contributed by atoms with van der Waals surface area (Å²) in [5, 5.41) is 3.70. The Morgan fingerprint density at radius 2 is 2.05 bits per heavy atom. The molecule has 3 heteroatoms. The number of ether oxygens (including phenoxy) is 1. The van der Waals surface area contributed by atoms with Crippen molar-refractivity contribution in [1.82, 2.24) is 10.2 Å². The molecule has 2 unspecified atom stereocenters. The van der Waals surface area contributed by atoms with Crippen LogP contribution >= 0.6 is 0 Å². The number of hydrogen-bond acceptors (Lipinski definition) is 3. The standard InChI is InChI=1S/C18H30N2O/c1-20(15-16-8-4-3-5-9-16)13-7-12-19-17-10-6-11-18(14-17)21-2/h3-5,8-9,17-19H,6-7,10-15H2,1-2H3. The van der Waals surface area contributed by atoms with Crippen molar-refractivity contribution in [2.24, 2.45) is 0 Å². The van der Waals surface area contributed by atoms with Crippen LogP contribution in [0.2, 0.25) is 0 Å². The van der Waals surface area contributed by atoms with Gasteiger partial charge in [0.15, 0.2) is 0 Å². The fourth-order valence-electron chi connectivity index (χ4n) is 3.17. The van der Waals surface area contributed by atoms with Gasteiger partial charge in [0.2, 0.25) is 0 Å². The van der Waals surface area contributed by atoms with E-state index in [9.17, 15) is 0 Å². The van der Waals surface area contributed by atoms with Crippen LogP contribution in [0.5, 0.6) is 0 Å². The molecular weight excluding hydrogens is 260 g/mol. The molecule has 0 saturated heterocycles. The third kappa shape index (κ3) is 6.16. The van der Waals surface area contributed by atoms with Gasteiger partial charge >= 0.3 is 0 Å². The summed E-state index contributed by atoms with van der Waals surface area (Å²) in [7, 11) is 4.04. The van der Waals surface area contributed by atoms with E-state index in [1.165, 1.54) is 37.7 Å². The molecule has 2 rings (SSSR count). The normalized spacial score (nSPS) is 22.6. The predicted molar refractivity (Wildman–Crippen MR) is 88.4 cm³/mol. The second kappa shape index (κ2) is 9.19. The SMILES string of the molecule is COC1CCCC(NCCCN(C)Cc2ccccc2)C1. The average molecular weight is 290 g/mol. The zero-order chi connectivity index (χ0) is 14.9. The van der Waals surface area contributed by atoms with Crippen LogP contribution in [0.15, 0.2) is 30.3 Å². The molecule has 1 aromatic carbocycles. The number of nitrogens with one attached hydrogen (secondary N) is 1. The molecule has 1 aliphatic carbocycles. The van der Waals surface area contributed by atoms with Gasteiger partial charge in [-0.25, -0.2) is 0 Å². The van der Waals surface area contributed by atoms with Crippen molar-refractivity contribution in [3.8, 4) is 0 Å². The van der Waals surface area contributed by atoms with E-state index in [2.05, 4.69) is 47.6 Å². The van der Waals surface area contributed by atoms with Gasteiger partial charge in [-0.1, -0.05) is 30.3 Å². The highest BCUT2D eigenvalue weighted by atomic mass is 16.5. The lowest BCUT2D eigenvalue weighted by Gasteiger charge is -2.29. The minimum Gasteiger partial charge on any atom is -0.381 e. The molecule has 0 spiro atoms. The van der Waals surface area contributed by atoms with E-state index in [4.69, 9.17) is 4.74 Å². The molecule has 0 radical (unpaired) electrons. The van der Waals surface area contributed by atoms with Crippen molar-refractivity contribution < 1.29 is 4.74 Å². The predicted octanol–water partition coefficient (Wildman–Crippen LogP) is 3.06. The molecule has 0 heterocycles. The third-order valence-corrected chi connectivity index (χ3v) is 4.40. The van der Waals surface area contributed by atoms with E-state index in [1.807, 2.05) is 7.11 Å². The van der Waals surface area contributed by atoms with Crippen molar-refractivity contribution in [2.45, 2.75) is 50.8 Å². The summed E-state index contributed by atoms with van der Waals surface area (Å²) >= 11 is 0. The summed E-state index contributed by atoms with van der Waals surface area (Å²) in [5.74, 6) is 0. The first kappa shape index (κ1) is 16.5. The fourth-order valence-corrected chi connectivity index (χ4v) is 3.17. The summed E-state index contributed by atoms with van der Waals surface area (Å²) in [6, 6.07) is 11.3. The molecule has 0 amide bonds. The van der Waals surface area contributed by atoms with E-state index >= 15 is 0 Å². The van der Waals surface area contributed by atoms with E-state index in [-0.39, 0.29) is 0 Å². The molecule has 118 valence electrons. The lowest BCUT2D eigenvalue weighted by Crippen LogP contribution is -2.37. The Balaban J connectivity index is 1.57. The number of methoxy groups -OCH3 is 1. The number of hydrogen-bond donors (Lipinski definition) is 1. The van der Waals surface area contributed by atoms with Gasteiger partial charge in [-0.05, 0) is 57.8 Å². The van der Waals surface area contributed by atoms with Crippen molar-refractivity contribution in [3.63, 3.8) is 0 Å². The molecule has 1 fully saturated rings. The Hall–Kier alpha value is -0.900. The monoisotopic (exact) mass is 290 g/mol.